The van der Waals surface area contributed by atoms with E-state index in [9.17, 15) is 5.11 Å². The zero-order valence-electron chi connectivity index (χ0n) is 12.1. The van der Waals surface area contributed by atoms with Crippen LogP contribution in [0.2, 0.25) is 0 Å². The molecule has 0 aromatic heterocycles. The van der Waals surface area contributed by atoms with Crippen molar-refractivity contribution in [1.82, 2.24) is 0 Å². The second-order valence-corrected chi connectivity index (χ2v) is 5.71. The van der Waals surface area contributed by atoms with Crippen molar-refractivity contribution in [2.45, 2.75) is 52.0 Å². The van der Waals surface area contributed by atoms with Crippen LogP contribution in [-0.4, -0.2) is 29.8 Å². The summed E-state index contributed by atoms with van der Waals surface area (Å²) in [5, 5.41) is 10.1. The van der Waals surface area contributed by atoms with Crippen LogP contribution >= 0.6 is 0 Å². The number of anilines is 1. The predicted molar refractivity (Wildman–Crippen MR) is 77.6 cm³/mol. The van der Waals surface area contributed by atoms with Crippen LogP contribution in [0.25, 0.3) is 0 Å². The van der Waals surface area contributed by atoms with Crippen molar-refractivity contribution in [3.8, 4) is 5.75 Å². The van der Waals surface area contributed by atoms with Crippen molar-refractivity contribution in [2.24, 2.45) is 5.73 Å². The number of benzene rings is 1. The van der Waals surface area contributed by atoms with Crippen LogP contribution in [0, 0.1) is 0 Å². The number of nitrogens with two attached hydrogens (primary N) is 1. The molecule has 19 heavy (non-hydrogen) atoms. The molecule has 0 aliphatic carbocycles. The minimum Gasteiger partial charge on any atom is -0.487 e. The lowest BCUT2D eigenvalue weighted by Gasteiger charge is -2.38. The van der Waals surface area contributed by atoms with Crippen LogP contribution in [0.3, 0.4) is 0 Å². The Balaban J connectivity index is 2.39. The fourth-order valence-corrected chi connectivity index (χ4v) is 2.46. The van der Waals surface area contributed by atoms with E-state index in [1.165, 1.54) is 0 Å². The van der Waals surface area contributed by atoms with Crippen LogP contribution < -0.4 is 15.4 Å². The zero-order chi connectivity index (χ0) is 14.2. The van der Waals surface area contributed by atoms with Crippen molar-refractivity contribution in [1.29, 1.82) is 0 Å². The Morgan fingerprint density at radius 2 is 2.05 bits per heavy atom. The van der Waals surface area contributed by atoms with E-state index in [0.717, 1.165) is 23.5 Å². The van der Waals surface area contributed by atoms with Gasteiger partial charge in [-0.2, -0.15) is 0 Å². The van der Waals surface area contributed by atoms with Gasteiger partial charge in [0.25, 0.3) is 0 Å². The summed E-state index contributed by atoms with van der Waals surface area (Å²) < 4.78 is 5.85. The average Bonchev–Trinajstić information content (AvgIpc) is 2.36. The van der Waals surface area contributed by atoms with E-state index in [4.69, 9.17) is 10.5 Å². The Morgan fingerprint density at radius 3 is 2.63 bits per heavy atom. The number of rotatable bonds is 3. The van der Waals surface area contributed by atoms with Gasteiger partial charge in [0.2, 0.25) is 0 Å². The van der Waals surface area contributed by atoms with Gasteiger partial charge in [0.1, 0.15) is 11.9 Å². The molecule has 0 bridgehead atoms. The maximum atomic E-state index is 10.1. The minimum absolute atomic E-state index is 0.180. The first-order valence-corrected chi connectivity index (χ1v) is 6.91. The predicted octanol–water partition coefficient (Wildman–Crippen LogP) is 2.06. The second kappa shape index (κ2) is 5.39. The van der Waals surface area contributed by atoms with E-state index < -0.39 is 6.10 Å². The molecular weight excluding hydrogens is 240 g/mol. The molecular formula is C15H24N2O2. The molecule has 1 aromatic carbocycles. The summed E-state index contributed by atoms with van der Waals surface area (Å²) in [6.45, 7) is 9.07. The standard InChI is InChI=1S/C15H24N2O2/c1-9(2)17-8-10(3)19-14-6-5-12(7-13(14)17)15(18)11(4)16/h5-7,9-11,15,18H,8,16H2,1-4H3. The third-order valence-electron chi connectivity index (χ3n) is 3.54. The number of nitrogens with zero attached hydrogens (tertiary/aromatic N) is 1. The highest BCUT2D eigenvalue weighted by Gasteiger charge is 2.26. The van der Waals surface area contributed by atoms with E-state index >= 15 is 0 Å². The quantitative estimate of drug-likeness (QED) is 0.877. The van der Waals surface area contributed by atoms with Gasteiger partial charge < -0.3 is 20.5 Å². The molecule has 3 unspecified atom stereocenters. The molecule has 0 fully saturated rings. The smallest absolute Gasteiger partial charge is 0.143 e. The summed E-state index contributed by atoms with van der Waals surface area (Å²) >= 11 is 0. The Kier molecular flexibility index (Phi) is 4.02. The first-order chi connectivity index (χ1) is 8.90. The molecule has 0 radical (unpaired) electrons. The fourth-order valence-electron chi connectivity index (χ4n) is 2.46. The van der Waals surface area contributed by atoms with Gasteiger partial charge in [-0.05, 0) is 45.4 Å². The van der Waals surface area contributed by atoms with E-state index in [1.54, 1.807) is 0 Å². The Hall–Kier alpha value is -1.26. The Labute approximate surface area is 115 Å². The molecule has 4 heteroatoms. The van der Waals surface area contributed by atoms with Crippen LogP contribution in [0.15, 0.2) is 18.2 Å². The lowest BCUT2D eigenvalue weighted by atomic mass is 10.0. The van der Waals surface area contributed by atoms with Crippen LogP contribution in [-0.2, 0) is 0 Å². The highest BCUT2D eigenvalue weighted by atomic mass is 16.5. The number of hydrogen-bond donors (Lipinski definition) is 2. The van der Waals surface area contributed by atoms with Gasteiger partial charge in [-0.3, -0.25) is 0 Å². The molecule has 3 atom stereocenters. The van der Waals surface area contributed by atoms with Crippen LogP contribution in [0.1, 0.15) is 39.4 Å². The summed E-state index contributed by atoms with van der Waals surface area (Å²) in [4.78, 5) is 2.31. The zero-order valence-corrected chi connectivity index (χ0v) is 12.1. The third-order valence-corrected chi connectivity index (χ3v) is 3.54. The summed E-state index contributed by atoms with van der Waals surface area (Å²) in [7, 11) is 0. The number of ether oxygens (including phenoxy) is 1. The van der Waals surface area contributed by atoms with Crippen molar-refractivity contribution in [3.63, 3.8) is 0 Å². The molecule has 106 valence electrons. The molecule has 0 saturated heterocycles. The van der Waals surface area contributed by atoms with Gasteiger partial charge in [-0.25, -0.2) is 0 Å². The largest absolute Gasteiger partial charge is 0.487 e. The molecule has 1 heterocycles. The molecule has 1 aromatic rings. The molecule has 0 saturated carbocycles. The van der Waals surface area contributed by atoms with Gasteiger partial charge in [-0.15, -0.1) is 0 Å². The number of hydrogen-bond acceptors (Lipinski definition) is 4. The first-order valence-electron chi connectivity index (χ1n) is 6.91. The number of aliphatic hydroxyl groups is 1. The Bertz CT molecular complexity index is 446. The van der Waals surface area contributed by atoms with E-state index in [2.05, 4.69) is 25.7 Å². The van der Waals surface area contributed by atoms with E-state index in [1.807, 2.05) is 25.1 Å². The summed E-state index contributed by atoms with van der Waals surface area (Å²) in [5.41, 5.74) is 7.66. The molecule has 2 rings (SSSR count). The monoisotopic (exact) mass is 264 g/mol. The summed E-state index contributed by atoms with van der Waals surface area (Å²) in [6, 6.07) is 5.93. The van der Waals surface area contributed by atoms with Gasteiger partial charge in [0.05, 0.1) is 18.3 Å². The summed E-state index contributed by atoms with van der Waals surface area (Å²) in [5.74, 6) is 0.882. The van der Waals surface area contributed by atoms with Gasteiger partial charge >= 0.3 is 0 Å². The van der Waals surface area contributed by atoms with Gasteiger partial charge in [0, 0.05) is 12.1 Å². The SMILES string of the molecule is CC1CN(C(C)C)c2cc(C(O)C(C)N)ccc2O1. The van der Waals surface area contributed by atoms with Crippen molar-refractivity contribution in [2.75, 3.05) is 11.4 Å². The summed E-state index contributed by atoms with van der Waals surface area (Å²) in [6.07, 6.45) is -0.460. The van der Waals surface area contributed by atoms with Crippen LogP contribution in [0.5, 0.6) is 5.75 Å². The average molecular weight is 264 g/mol. The normalized spacial score (nSPS) is 21.8. The highest BCUT2D eigenvalue weighted by Crippen LogP contribution is 2.37. The maximum absolute atomic E-state index is 10.1. The van der Waals surface area contributed by atoms with Gasteiger partial charge in [0.15, 0.2) is 0 Å². The highest BCUT2D eigenvalue weighted by molar-refractivity contribution is 5.62. The number of aliphatic hydroxyl groups excluding tert-OH is 1. The van der Waals surface area contributed by atoms with Crippen molar-refractivity contribution >= 4 is 5.69 Å². The van der Waals surface area contributed by atoms with E-state index in [0.29, 0.717) is 6.04 Å². The minimum atomic E-state index is -0.640. The molecule has 1 aliphatic heterocycles. The van der Waals surface area contributed by atoms with Crippen LogP contribution in [0.4, 0.5) is 5.69 Å². The first kappa shape index (κ1) is 14.2. The molecule has 1 aliphatic rings. The lowest BCUT2D eigenvalue weighted by molar-refractivity contribution is 0.153. The van der Waals surface area contributed by atoms with Gasteiger partial charge in [-0.1, -0.05) is 6.07 Å². The molecule has 3 N–H and O–H groups in total. The topological polar surface area (TPSA) is 58.7 Å². The lowest BCUT2D eigenvalue weighted by Crippen LogP contribution is -2.42. The number of fused-ring (bicyclic) bond motifs is 1. The third kappa shape index (κ3) is 2.85. The maximum Gasteiger partial charge on any atom is 0.143 e. The second-order valence-electron chi connectivity index (χ2n) is 5.71. The van der Waals surface area contributed by atoms with E-state index in [-0.39, 0.29) is 12.1 Å². The molecule has 0 amide bonds. The van der Waals surface area contributed by atoms with Crippen molar-refractivity contribution in [3.05, 3.63) is 23.8 Å². The van der Waals surface area contributed by atoms with Crippen molar-refractivity contribution < 1.29 is 9.84 Å². The fraction of sp³-hybridized carbons (Fsp3) is 0.600. The Morgan fingerprint density at radius 1 is 1.37 bits per heavy atom. The molecule has 4 nitrogen and oxygen atoms in total. The molecule has 0 spiro atoms.